The minimum atomic E-state index is -2.87. The number of carbonyl (C=O) groups is 1. The van der Waals surface area contributed by atoms with Crippen molar-refractivity contribution in [3.8, 4) is 0 Å². The molecule has 2 fully saturated rings. The number of amides is 2. The minimum Gasteiger partial charge on any atom is -0.338 e. The van der Waals surface area contributed by atoms with Crippen molar-refractivity contribution in [2.75, 3.05) is 24.6 Å². The van der Waals surface area contributed by atoms with Gasteiger partial charge in [-0.2, -0.15) is 0 Å². The van der Waals surface area contributed by atoms with Crippen molar-refractivity contribution in [3.63, 3.8) is 0 Å². The molecule has 1 aliphatic heterocycles. The van der Waals surface area contributed by atoms with Gasteiger partial charge in [0.05, 0.1) is 11.5 Å². The van der Waals surface area contributed by atoms with Gasteiger partial charge in [0.25, 0.3) is 0 Å². The summed E-state index contributed by atoms with van der Waals surface area (Å²) in [5.74, 6) is 2.39. The van der Waals surface area contributed by atoms with Crippen molar-refractivity contribution in [1.82, 2.24) is 10.6 Å². The number of benzene rings is 1. The second kappa shape index (κ2) is 6.06. The fourth-order valence-electron chi connectivity index (χ4n) is 4.53. The van der Waals surface area contributed by atoms with Crippen LogP contribution in [0.25, 0.3) is 0 Å². The van der Waals surface area contributed by atoms with Crippen LogP contribution in [0.15, 0.2) is 24.3 Å². The number of hydrogen-bond donors (Lipinski definition) is 2. The summed E-state index contributed by atoms with van der Waals surface area (Å²) < 4.78 is 22.9. The van der Waals surface area contributed by atoms with Crippen LogP contribution in [0.2, 0.25) is 0 Å². The van der Waals surface area contributed by atoms with Crippen molar-refractivity contribution in [1.29, 1.82) is 0 Å². The molecule has 0 radical (unpaired) electrons. The van der Waals surface area contributed by atoms with Gasteiger partial charge in [-0.25, -0.2) is 13.2 Å². The first kappa shape index (κ1) is 15.9. The molecule has 2 amide bonds. The predicted molar refractivity (Wildman–Crippen MR) is 92.6 cm³/mol. The van der Waals surface area contributed by atoms with Gasteiger partial charge < -0.3 is 10.6 Å². The smallest absolute Gasteiger partial charge is 0.314 e. The van der Waals surface area contributed by atoms with Gasteiger partial charge in [0.15, 0.2) is 9.84 Å². The van der Waals surface area contributed by atoms with Crippen molar-refractivity contribution in [3.05, 3.63) is 35.4 Å². The van der Waals surface area contributed by atoms with E-state index in [0.29, 0.717) is 37.3 Å². The predicted octanol–water partition coefficient (Wildman–Crippen LogP) is 1.70. The maximum atomic E-state index is 12.0. The maximum absolute atomic E-state index is 12.0. The molecule has 1 aromatic rings. The van der Waals surface area contributed by atoms with Crippen molar-refractivity contribution in [2.45, 2.75) is 25.2 Å². The van der Waals surface area contributed by atoms with E-state index < -0.39 is 9.84 Å². The molecule has 24 heavy (non-hydrogen) atoms. The van der Waals surface area contributed by atoms with Crippen LogP contribution < -0.4 is 10.6 Å². The summed E-state index contributed by atoms with van der Waals surface area (Å²) >= 11 is 0. The van der Waals surface area contributed by atoms with E-state index in [9.17, 15) is 13.2 Å². The maximum Gasteiger partial charge on any atom is 0.314 e. The van der Waals surface area contributed by atoms with Crippen LogP contribution in [-0.2, 0) is 16.3 Å². The first-order valence-corrected chi connectivity index (χ1v) is 10.7. The van der Waals surface area contributed by atoms with E-state index in [2.05, 4.69) is 34.9 Å². The lowest BCUT2D eigenvalue weighted by atomic mass is 9.92. The Labute approximate surface area is 143 Å². The third-order valence-electron chi connectivity index (χ3n) is 5.87. The summed E-state index contributed by atoms with van der Waals surface area (Å²) in [7, 11) is -2.87. The van der Waals surface area contributed by atoms with Gasteiger partial charge in [-0.15, -0.1) is 0 Å². The van der Waals surface area contributed by atoms with Crippen LogP contribution in [0.1, 0.15) is 29.9 Å². The molecule has 4 atom stereocenters. The molecule has 0 aromatic heterocycles. The molecule has 3 aliphatic rings. The number of carbonyl (C=O) groups excluding carboxylic acids is 1. The minimum absolute atomic E-state index is 0.0659. The molecule has 2 N–H and O–H groups in total. The lowest BCUT2D eigenvalue weighted by Gasteiger charge is -2.13. The zero-order valence-electron chi connectivity index (χ0n) is 13.7. The molecule has 0 bridgehead atoms. The van der Waals surface area contributed by atoms with Crippen LogP contribution in [0.4, 0.5) is 4.79 Å². The van der Waals surface area contributed by atoms with E-state index in [1.165, 1.54) is 17.5 Å². The quantitative estimate of drug-likeness (QED) is 0.869. The highest BCUT2D eigenvalue weighted by Gasteiger charge is 2.52. The zero-order chi connectivity index (χ0) is 16.7. The fourth-order valence-corrected chi connectivity index (χ4v) is 6.39. The Bertz CT molecular complexity index is 746. The van der Waals surface area contributed by atoms with Crippen LogP contribution in [0.5, 0.6) is 0 Å². The molecule has 6 heteroatoms. The van der Waals surface area contributed by atoms with Gasteiger partial charge in [0.1, 0.15) is 0 Å². The molecule has 5 nitrogen and oxygen atoms in total. The molecule has 0 unspecified atom stereocenters. The number of nitrogens with one attached hydrogen (secondary N) is 2. The Balaban J connectivity index is 1.23. The number of fused-ring (bicyclic) bond motifs is 3. The van der Waals surface area contributed by atoms with Gasteiger partial charge in [0, 0.05) is 13.1 Å². The molecule has 2 aliphatic carbocycles. The van der Waals surface area contributed by atoms with Gasteiger partial charge in [0.2, 0.25) is 0 Å². The van der Waals surface area contributed by atoms with E-state index in [1.54, 1.807) is 0 Å². The lowest BCUT2D eigenvalue weighted by Crippen LogP contribution is -2.39. The second-order valence-electron chi connectivity index (χ2n) is 7.45. The van der Waals surface area contributed by atoms with Gasteiger partial charge in [-0.05, 0) is 54.1 Å². The third kappa shape index (κ3) is 3.16. The standard InChI is InChI=1S/C18H24N2O3S/c21-18(19-9-12-7-8-24(22,23)11-12)20-10-16-15-6-5-13-3-1-2-4-14(13)17(15)16/h1-4,12,15-17H,5-11H2,(H2,19,20,21)/t12-,15+,16+,17+/m0/s1. The van der Waals surface area contributed by atoms with E-state index in [0.717, 1.165) is 6.42 Å². The number of hydrogen-bond acceptors (Lipinski definition) is 3. The van der Waals surface area contributed by atoms with E-state index >= 15 is 0 Å². The summed E-state index contributed by atoms with van der Waals surface area (Å²) in [5.41, 5.74) is 2.94. The summed E-state index contributed by atoms with van der Waals surface area (Å²) in [4.78, 5) is 12.0. The van der Waals surface area contributed by atoms with Gasteiger partial charge in [-0.3, -0.25) is 0 Å². The largest absolute Gasteiger partial charge is 0.338 e. The summed E-state index contributed by atoms with van der Waals surface area (Å²) in [6.45, 7) is 1.16. The Morgan fingerprint density at radius 2 is 1.92 bits per heavy atom. The zero-order valence-corrected chi connectivity index (χ0v) is 14.5. The van der Waals surface area contributed by atoms with Gasteiger partial charge >= 0.3 is 6.03 Å². The summed E-state index contributed by atoms with van der Waals surface area (Å²) in [5, 5.41) is 5.81. The number of sulfone groups is 1. The monoisotopic (exact) mass is 348 g/mol. The Hall–Kier alpha value is -1.56. The van der Waals surface area contributed by atoms with Crippen LogP contribution in [0, 0.1) is 17.8 Å². The molecule has 130 valence electrons. The molecule has 1 saturated heterocycles. The first-order chi connectivity index (χ1) is 11.5. The van der Waals surface area contributed by atoms with E-state index in [1.807, 2.05) is 0 Å². The van der Waals surface area contributed by atoms with Crippen LogP contribution in [0.3, 0.4) is 0 Å². The highest BCUT2D eigenvalue weighted by Crippen LogP contribution is 2.59. The molecule has 1 heterocycles. The Kier molecular flexibility index (Phi) is 4.03. The summed E-state index contributed by atoms with van der Waals surface area (Å²) in [6, 6.07) is 8.48. The molecular formula is C18H24N2O3S. The Morgan fingerprint density at radius 1 is 1.12 bits per heavy atom. The number of aryl methyl sites for hydroxylation is 1. The van der Waals surface area contributed by atoms with Crippen molar-refractivity contribution in [2.24, 2.45) is 17.8 Å². The topological polar surface area (TPSA) is 75.3 Å². The van der Waals surface area contributed by atoms with Crippen LogP contribution >= 0.6 is 0 Å². The lowest BCUT2D eigenvalue weighted by molar-refractivity contribution is 0.238. The molecular weight excluding hydrogens is 324 g/mol. The average Bonchev–Trinajstić information content (AvgIpc) is 3.18. The van der Waals surface area contributed by atoms with Crippen molar-refractivity contribution < 1.29 is 13.2 Å². The number of urea groups is 1. The molecule has 1 aromatic carbocycles. The third-order valence-corrected chi connectivity index (χ3v) is 7.71. The average molecular weight is 348 g/mol. The Morgan fingerprint density at radius 3 is 2.71 bits per heavy atom. The molecule has 4 rings (SSSR count). The van der Waals surface area contributed by atoms with Gasteiger partial charge in [-0.1, -0.05) is 24.3 Å². The molecule has 0 spiro atoms. The fraction of sp³-hybridized carbons (Fsp3) is 0.611. The normalized spacial score (nSPS) is 32.5. The highest BCUT2D eigenvalue weighted by molar-refractivity contribution is 7.91. The number of rotatable bonds is 4. The SMILES string of the molecule is O=C(NC[C@@H]1CCS(=O)(=O)C1)NC[C@@H]1[C@H]2CCc3ccccc3[C@H]21. The molecule has 1 saturated carbocycles. The van der Waals surface area contributed by atoms with E-state index in [4.69, 9.17) is 0 Å². The highest BCUT2D eigenvalue weighted by atomic mass is 32.2. The van der Waals surface area contributed by atoms with Crippen LogP contribution in [-0.4, -0.2) is 39.0 Å². The van der Waals surface area contributed by atoms with Crippen molar-refractivity contribution >= 4 is 15.9 Å². The van der Waals surface area contributed by atoms with E-state index in [-0.39, 0.29) is 23.5 Å². The summed E-state index contributed by atoms with van der Waals surface area (Å²) in [6.07, 6.45) is 3.03. The second-order valence-corrected chi connectivity index (χ2v) is 9.68. The first-order valence-electron chi connectivity index (χ1n) is 8.83.